The summed E-state index contributed by atoms with van der Waals surface area (Å²) in [5.41, 5.74) is 1.28. The number of amides is 1. The molecule has 2 aromatic carbocycles. The van der Waals surface area contributed by atoms with Gasteiger partial charge in [-0.1, -0.05) is 23.9 Å². The van der Waals surface area contributed by atoms with Crippen molar-refractivity contribution in [3.05, 3.63) is 58.6 Å². The quantitative estimate of drug-likeness (QED) is 0.328. The number of benzene rings is 2. The normalized spacial score (nSPS) is 11.7. The molecule has 0 fully saturated rings. The summed E-state index contributed by atoms with van der Waals surface area (Å²) in [6, 6.07) is 13.3. The number of nitro benzene ring substituents is 1. The molecular formula is C20H21N5O4S. The van der Waals surface area contributed by atoms with E-state index in [1.165, 1.54) is 36.0 Å². The predicted molar refractivity (Wildman–Crippen MR) is 115 cm³/mol. The number of para-hydroxylation sites is 1. The molecule has 1 aromatic heterocycles. The van der Waals surface area contributed by atoms with Crippen molar-refractivity contribution < 1.29 is 14.5 Å². The van der Waals surface area contributed by atoms with Crippen molar-refractivity contribution in [1.82, 2.24) is 14.8 Å². The highest BCUT2D eigenvalue weighted by Crippen LogP contribution is 2.32. The summed E-state index contributed by atoms with van der Waals surface area (Å²) in [5, 5.41) is 22.2. The van der Waals surface area contributed by atoms with Gasteiger partial charge in [-0.15, -0.1) is 10.2 Å². The van der Waals surface area contributed by atoms with Gasteiger partial charge in [0.2, 0.25) is 5.91 Å². The Balaban J connectivity index is 1.75. The fourth-order valence-corrected chi connectivity index (χ4v) is 3.72. The van der Waals surface area contributed by atoms with Gasteiger partial charge in [-0.2, -0.15) is 0 Å². The summed E-state index contributed by atoms with van der Waals surface area (Å²) in [6.07, 6.45) is 0. The number of thioether (sulfide) groups is 1. The second-order valence-corrected chi connectivity index (χ2v) is 7.61. The topological polar surface area (TPSA) is 112 Å². The van der Waals surface area contributed by atoms with E-state index in [0.717, 1.165) is 5.56 Å². The molecule has 9 nitrogen and oxygen atoms in total. The number of nitrogens with zero attached hydrogens (tertiary/aromatic N) is 4. The molecule has 0 aliphatic heterocycles. The predicted octanol–water partition coefficient (Wildman–Crippen LogP) is 4.00. The molecule has 10 heteroatoms. The molecule has 3 rings (SSSR count). The number of carbonyl (C=O) groups is 1. The van der Waals surface area contributed by atoms with E-state index in [1.807, 2.05) is 35.8 Å². The molecule has 0 unspecified atom stereocenters. The van der Waals surface area contributed by atoms with E-state index in [1.54, 1.807) is 14.0 Å². The van der Waals surface area contributed by atoms with E-state index in [4.69, 9.17) is 4.74 Å². The van der Waals surface area contributed by atoms with Gasteiger partial charge in [-0.3, -0.25) is 14.9 Å². The van der Waals surface area contributed by atoms with Crippen LogP contribution >= 0.6 is 11.8 Å². The van der Waals surface area contributed by atoms with Gasteiger partial charge >= 0.3 is 0 Å². The Kier molecular flexibility index (Phi) is 6.68. The van der Waals surface area contributed by atoms with Crippen LogP contribution in [0.5, 0.6) is 5.75 Å². The van der Waals surface area contributed by atoms with Crippen LogP contribution < -0.4 is 10.1 Å². The molecule has 0 spiro atoms. The Morgan fingerprint density at radius 3 is 2.57 bits per heavy atom. The van der Waals surface area contributed by atoms with E-state index in [0.29, 0.717) is 29.0 Å². The number of nitrogens with one attached hydrogen (secondary N) is 1. The molecule has 3 aromatic rings. The van der Waals surface area contributed by atoms with Gasteiger partial charge in [-0.05, 0) is 38.1 Å². The fourth-order valence-electron chi connectivity index (χ4n) is 2.81. The molecule has 1 atom stereocenters. The minimum absolute atomic E-state index is 0.0321. The summed E-state index contributed by atoms with van der Waals surface area (Å²) in [4.78, 5) is 22.8. The van der Waals surface area contributed by atoms with Crippen LogP contribution in [0.2, 0.25) is 0 Å². The average Bonchev–Trinajstić information content (AvgIpc) is 3.16. The van der Waals surface area contributed by atoms with Crippen molar-refractivity contribution in [2.75, 3.05) is 12.4 Å². The third-order valence-electron chi connectivity index (χ3n) is 4.38. The molecule has 0 aliphatic carbocycles. The zero-order chi connectivity index (χ0) is 21.7. The lowest BCUT2D eigenvalue weighted by Crippen LogP contribution is -2.23. The molecule has 0 bridgehead atoms. The first-order chi connectivity index (χ1) is 14.4. The average molecular weight is 427 g/mol. The van der Waals surface area contributed by atoms with E-state index >= 15 is 0 Å². The van der Waals surface area contributed by atoms with Gasteiger partial charge in [-0.25, -0.2) is 0 Å². The second-order valence-electron chi connectivity index (χ2n) is 6.30. The summed E-state index contributed by atoms with van der Waals surface area (Å²) in [6.45, 7) is 4.37. The second kappa shape index (κ2) is 9.40. The molecule has 0 radical (unpaired) electrons. The van der Waals surface area contributed by atoms with Crippen molar-refractivity contribution >= 4 is 29.0 Å². The Bertz CT molecular complexity index is 1050. The summed E-state index contributed by atoms with van der Waals surface area (Å²) in [7, 11) is 1.60. The monoisotopic (exact) mass is 427 g/mol. The van der Waals surface area contributed by atoms with Gasteiger partial charge in [0.15, 0.2) is 11.0 Å². The highest BCUT2D eigenvalue weighted by Gasteiger charge is 2.21. The zero-order valence-corrected chi connectivity index (χ0v) is 17.5. The van der Waals surface area contributed by atoms with E-state index in [9.17, 15) is 14.9 Å². The van der Waals surface area contributed by atoms with Crippen molar-refractivity contribution in [3.8, 4) is 17.1 Å². The Labute approximate surface area is 177 Å². The van der Waals surface area contributed by atoms with E-state index in [-0.39, 0.29) is 11.6 Å². The first-order valence-corrected chi connectivity index (χ1v) is 10.1. The van der Waals surface area contributed by atoms with Gasteiger partial charge in [0.1, 0.15) is 5.75 Å². The molecule has 0 saturated carbocycles. The van der Waals surface area contributed by atoms with Crippen LogP contribution in [0, 0.1) is 10.1 Å². The summed E-state index contributed by atoms with van der Waals surface area (Å²) in [5.74, 6) is 1.12. The maximum absolute atomic E-state index is 12.6. The number of anilines is 1. The minimum Gasteiger partial charge on any atom is -0.496 e. The molecule has 1 N–H and O–H groups in total. The Hall–Kier alpha value is -3.40. The van der Waals surface area contributed by atoms with Crippen molar-refractivity contribution in [3.63, 3.8) is 0 Å². The number of non-ortho nitro benzene ring substituents is 1. The number of nitro groups is 1. The van der Waals surface area contributed by atoms with Crippen LogP contribution in [-0.4, -0.2) is 38.0 Å². The molecule has 1 heterocycles. The molecule has 0 aliphatic rings. The van der Waals surface area contributed by atoms with Crippen molar-refractivity contribution in [2.24, 2.45) is 0 Å². The molecular weight excluding hydrogens is 406 g/mol. The standard InChI is InChI=1S/C20H21N5O4S/c1-4-24-18(16-7-5-6-8-17(16)29-3)22-23-20(24)30-13(2)19(26)21-14-9-11-15(12-10-14)25(27)28/h5-13H,4H2,1-3H3,(H,21,26)/t13-/m0/s1. The molecule has 30 heavy (non-hydrogen) atoms. The number of carbonyl (C=O) groups excluding carboxylic acids is 1. The van der Waals surface area contributed by atoms with Crippen LogP contribution in [0.15, 0.2) is 53.7 Å². The van der Waals surface area contributed by atoms with Gasteiger partial charge < -0.3 is 14.6 Å². The van der Waals surface area contributed by atoms with Crippen LogP contribution in [-0.2, 0) is 11.3 Å². The van der Waals surface area contributed by atoms with Crippen molar-refractivity contribution in [2.45, 2.75) is 30.8 Å². The number of hydrogen-bond donors (Lipinski definition) is 1. The molecule has 156 valence electrons. The Morgan fingerprint density at radius 1 is 1.23 bits per heavy atom. The first kappa shape index (κ1) is 21.3. The fraction of sp³-hybridized carbons (Fsp3) is 0.250. The summed E-state index contributed by atoms with van der Waals surface area (Å²) < 4.78 is 7.35. The molecule has 0 saturated heterocycles. The van der Waals surface area contributed by atoms with Crippen LogP contribution in [0.3, 0.4) is 0 Å². The molecule has 1 amide bonds. The van der Waals surface area contributed by atoms with E-state index in [2.05, 4.69) is 15.5 Å². The first-order valence-electron chi connectivity index (χ1n) is 9.23. The maximum Gasteiger partial charge on any atom is 0.269 e. The number of aromatic nitrogens is 3. The smallest absolute Gasteiger partial charge is 0.269 e. The Morgan fingerprint density at radius 2 is 1.93 bits per heavy atom. The lowest BCUT2D eigenvalue weighted by Gasteiger charge is -2.13. The number of ether oxygens (including phenoxy) is 1. The minimum atomic E-state index is -0.485. The maximum atomic E-state index is 12.6. The number of rotatable bonds is 8. The van der Waals surface area contributed by atoms with Gasteiger partial charge in [0.05, 0.1) is 22.8 Å². The summed E-state index contributed by atoms with van der Waals surface area (Å²) >= 11 is 1.29. The largest absolute Gasteiger partial charge is 0.496 e. The van der Waals surface area contributed by atoms with E-state index < -0.39 is 10.2 Å². The van der Waals surface area contributed by atoms with Gasteiger partial charge in [0, 0.05) is 24.4 Å². The highest BCUT2D eigenvalue weighted by molar-refractivity contribution is 8.00. The third kappa shape index (κ3) is 4.60. The van der Waals surface area contributed by atoms with Crippen LogP contribution in [0.1, 0.15) is 13.8 Å². The highest BCUT2D eigenvalue weighted by atomic mass is 32.2. The SMILES string of the molecule is CCn1c(S[C@@H](C)C(=O)Nc2ccc([N+](=O)[O-])cc2)nnc1-c1ccccc1OC. The zero-order valence-electron chi connectivity index (χ0n) is 16.7. The third-order valence-corrected chi connectivity index (χ3v) is 5.46. The van der Waals surface area contributed by atoms with Gasteiger partial charge in [0.25, 0.3) is 5.69 Å². The lowest BCUT2D eigenvalue weighted by atomic mass is 10.2. The van der Waals surface area contributed by atoms with Crippen LogP contribution in [0.4, 0.5) is 11.4 Å². The lowest BCUT2D eigenvalue weighted by molar-refractivity contribution is -0.384. The number of hydrogen-bond acceptors (Lipinski definition) is 7. The van der Waals surface area contributed by atoms with Crippen molar-refractivity contribution in [1.29, 1.82) is 0 Å². The number of methoxy groups -OCH3 is 1. The van der Waals surface area contributed by atoms with Crippen LogP contribution in [0.25, 0.3) is 11.4 Å².